The molecule has 0 bridgehead atoms. The number of hydrogen-bond acceptors (Lipinski definition) is 3. The van der Waals surface area contributed by atoms with E-state index in [0.29, 0.717) is 13.1 Å². The van der Waals surface area contributed by atoms with Crippen molar-refractivity contribution in [1.82, 2.24) is 4.90 Å². The molecule has 1 N–H and O–H groups in total. The van der Waals surface area contributed by atoms with Crippen LogP contribution in [0.4, 0.5) is 5.69 Å². The summed E-state index contributed by atoms with van der Waals surface area (Å²) in [5.74, 6) is -0.359. The van der Waals surface area contributed by atoms with E-state index in [1.807, 2.05) is 30.3 Å². The summed E-state index contributed by atoms with van der Waals surface area (Å²) < 4.78 is 0.955. The van der Waals surface area contributed by atoms with Gasteiger partial charge >= 0.3 is 0 Å². The molecule has 1 amide bonds. The number of hydrogen-bond donors (Lipinski definition) is 1. The monoisotopic (exact) mass is 345 g/mol. The van der Waals surface area contributed by atoms with Crippen LogP contribution in [0.2, 0.25) is 0 Å². The van der Waals surface area contributed by atoms with Crippen LogP contribution in [0, 0.1) is 11.3 Å². The van der Waals surface area contributed by atoms with Crippen molar-refractivity contribution in [2.75, 3.05) is 18.4 Å². The molecule has 0 aromatic heterocycles. The summed E-state index contributed by atoms with van der Waals surface area (Å²) in [5.41, 5.74) is 0.819. The number of nitrogens with one attached hydrogen (secondary N) is 1. The van der Waals surface area contributed by atoms with Crippen LogP contribution < -0.4 is 5.32 Å². The van der Waals surface area contributed by atoms with Crippen molar-refractivity contribution in [1.29, 1.82) is 5.26 Å². The Morgan fingerprint density at radius 1 is 1.29 bits per heavy atom. The van der Waals surface area contributed by atoms with E-state index in [-0.39, 0.29) is 11.5 Å². The summed E-state index contributed by atoms with van der Waals surface area (Å²) in [6.45, 7) is 7.93. The van der Waals surface area contributed by atoms with Crippen molar-refractivity contribution in [3.63, 3.8) is 0 Å². The van der Waals surface area contributed by atoms with Crippen LogP contribution in [0.1, 0.15) is 0 Å². The standard InChI is InChI=1S/C16H16BrN3O/c1-3-9-20(10-4-2)16(21)13(11-18)12-19-15-7-5-14(17)6-8-15/h3-8,12,19H,1-2,9-10H2/b13-12-. The van der Waals surface area contributed by atoms with Crippen LogP contribution in [0.25, 0.3) is 0 Å². The van der Waals surface area contributed by atoms with Crippen LogP contribution in [0.15, 0.2) is 65.8 Å². The minimum Gasteiger partial charge on any atom is -0.360 e. The highest BCUT2D eigenvalue weighted by Gasteiger charge is 2.15. The number of carbonyl (C=O) groups excluding carboxylic acids is 1. The number of halogens is 1. The third-order valence-corrected chi connectivity index (χ3v) is 3.09. The van der Waals surface area contributed by atoms with Gasteiger partial charge in [0.25, 0.3) is 5.91 Å². The molecule has 0 unspecified atom stereocenters. The van der Waals surface area contributed by atoms with E-state index in [1.165, 1.54) is 11.1 Å². The predicted octanol–water partition coefficient (Wildman–Crippen LogP) is 3.47. The van der Waals surface area contributed by atoms with Gasteiger partial charge in [0, 0.05) is 29.4 Å². The second-order valence-corrected chi connectivity index (χ2v) is 5.02. The first-order valence-corrected chi connectivity index (χ1v) is 7.05. The van der Waals surface area contributed by atoms with E-state index in [0.717, 1.165) is 10.2 Å². The smallest absolute Gasteiger partial charge is 0.266 e. The van der Waals surface area contributed by atoms with Crippen LogP contribution in [-0.2, 0) is 4.79 Å². The Morgan fingerprint density at radius 2 is 1.86 bits per heavy atom. The normalized spacial score (nSPS) is 10.4. The Kier molecular flexibility index (Phi) is 6.99. The molecule has 0 heterocycles. The first-order chi connectivity index (χ1) is 10.1. The first kappa shape index (κ1) is 16.7. The van der Waals surface area contributed by atoms with Gasteiger partial charge in [-0.05, 0) is 24.3 Å². The molecular weight excluding hydrogens is 330 g/mol. The molecule has 0 spiro atoms. The summed E-state index contributed by atoms with van der Waals surface area (Å²) in [5, 5.41) is 12.1. The molecule has 4 nitrogen and oxygen atoms in total. The summed E-state index contributed by atoms with van der Waals surface area (Å²) in [4.78, 5) is 13.7. The second-order valence-electron chi connectivity index (χ2n) is 4.11. The zero-order valence-electron chi connectivity index (χ0n) is 11.6. The Hall–Kier alpha value is -2.32. The van der Waals surface area contributed by atoms with Gasteiger partial charge in [0.2, 0.25) is 0 Å². The van der Waals surface area contributed by atoms with Crippen molar-refractivity contribution >= 4 is 27.5 Å². The molecule has 1 aromatic carbocycles. The summed E-state index contributed by atoms with van der Waals surface area (Å²) in [7, 11) is 0. The van der Waals surface area contributed by atoms with Gasteiger partial charge in [-0.15, -0.1) is 13.2 Å². The lowest BCUT2D eigenvalue weighted by atomic mass is 10.2. The van der Waals surface area contributed by atoms with Crippen LogP contribution in [-0.4, -0.2) is 23.9 Å². The fourth-order valence-electron chi connectivity index (χ4n) is 1.57. The number of rotatable bonds is 7. The highest BCUT2D eigenvalue weighted by atomic mass is 79.9. The number of nitriles is 1. The van der Waals surface area contributed by atoms with E-state index >= 15 is 0 Å². The topological polar surface area (TPSA) is 56.1 Å². The predicted molar refractivity (Wildman–Crippen MR) is 88.4 cm³/mol. The largest absolute Gasteiger partial charge is 0.360 e. The molecule has 21 heavy (non-hydrogen) atoms. The number of anilines is 1. The highest BCUT2D eigenvalue weighted by Crippen LogP contribution is 2.14. The minimum absolute atomic E-state index is 0.0293. The van der Waals surface area contributed by atoms with Crippen molar-refractivity contribution in [2.45, 2.75) is 0 Å². The van der Waals surface area contributed by atoms with Gasteiger partial charge in [0.15, 0.2) is 0 Å². The van der Waals surface area contributed by atoms with E-state index in [2.05, 4.69) is 34.4 Å². The molecule has 0 saturated heterocycles. The average molecular weight is 346 g/mol. The third-order valence-electron chi connectivity index (χ3n) is 2.56. The van der Waals surface area contributed by atoms with E-state index in [4.69, 9.17) is 5.26 Å². The number of nitrogens with zero attached hydrogens (tertiary/aromatic N) is 2. The fraction of sp³-hybridized carbons (Fsp3) is 0.125. The molecule has 0 aliphatic heterocycles. The Bertz CT molecular complexity index is 575. The first-order valence-electron chi connectivity index (χ1n) is 6.25. The Labute approximate surface area is 133 Å². The van der Waals surface area contributed by atoms with Gasteiger partial charge in [-0.2, -0.15) is 5.26 Å². The lowest BCUT2D eigenvalue weighted by Crippen LogP contribution is -2.32. The molecule has 108 valence electrons. The Balaban J connectivity index is 2.84. The van der Waals surface area contributed by atoms with Crippen molar-refractivity contribution in [3.05, 3.63) is 65.8 Å². The van der Waals surface area contributed by atoms with Gasteiger partial charge in [-0.3, -0.25) is 4.79 Å². The maximum atomic E-state index is 12.2. The van der Waals surface area contributed by atoms with Crippen molar-refractivity contribution < 1.29 is 4.79 Å². The second kappa shape index (κ2) is 8.77. The Morgan fingerprint density at radius 3 is 2.33 bits per heavy atom. The van der Waals surface area contributed by atoms with Crippen LogP contribution in [0.3, 0.4) is 0 Å². The summed E-state index contributed by atoms with van der Waals surface area (Å²) >= 11 is 3.34. The minimum atomic E-state index is -0.359. The summed E-state index contributed by atoms with van der Waals surface area (Å²) in [6.07, 6.45) is 4.63. The SMILES string of the molecule is C=CCN(CC=C)C(=O)/C(C#N)=C\Nc1ccc(Br)cc1. The molecular formula is C16H16BrN3O. The quantitative estimate of drug-likeness (QED) is 0.467. The molecule has 0 aliphatic carbocycles. The lowest BCUT2D eigenvalue weighted by molar-refractivity contribution is -0.125. The molecule has 1 rings (SSSR count). The maximum Gasteiger partial charge on any atom is 0.266 e. The van der Waals surface area contributed by atoms with Crippen molar-refractivity contribution in [2.24, 2.45) is 0 Å². The van der Waals surface area contributed by atoms with Crippen molar-refractivity contribution in [3.8, 4) is 6.07 Å². The van der Waals surface area contributed by atoms with Crippen LogP contribution in [0.5, 0.6) is 0 Å². The average Bonchev–Trinajstić information content (AvgIpc) is 2.49. The van der Waals surface area contributed by atoms with E-state index in [9.17, 15) is 4.79 Å². The van der Waals surface area contributed by atoms with Crippen LogP contribution >= 0.6 is 15.9 Å². The molecule has 5 heteroatoms. The lowest BCUT2D eigenvalue weighted by Gasteiger charge is -2.18. The number of benzene rings is 1. The molecule has 0 atom stereocenters. The van der Waals surface area contributed by atoms with Gasteiger partial charge in [-0.25, -0.2) is 0 Å². The van der Waals surface area contributed by atoms with E-state index in [1.54, 1.807) is 12.2 Å². The number of carbonyl (C=O) groups is 1. The zero-order chi connectivity index (χ0) is 15.7. The third kappa shape index (κ3) is 5.28. The molecule has 0 fully saturated rings. The number of amides is 1. The van der Waals surface area contributed by atoms with Gasteiger partial charge in [0.05, 0.1) is 0 Å². The fourth-order valence-corrected chi connectivity index (χ4v) is 1.83. The zero-order valence-corrected chi connectivity index (χ0v) is 13.1. The summed E-state index contributed by atoms with van der Waals surface area (Å²) in [6, 6.07) is 9.32. The molecule has 0 radical (unpaired) electrons. The van der Waals surface area contributed by atoms with Gasteiger partial charge in [0.1, 0.15) is 11.6 Å². The van der Waals surface area contributed by atoms with Gasteiger partial charge in [-0.1, -0.05) is 28.1 Å². The maximum absolute atomic E-state index is 12.2. The van der Waals surface area contributed by atoms with E-state index < -0.39 is 0 Å². The van der Waals surface area contributed by atoms with Gasteiger partial charge < -0.3 is 10.2 Å². The highest BCUT2D eigenvalue weighted by molar-refractivity contribution is 9.10. The molecule has 0 aliphatic rings. The molecule has 0 saturated carbocycles. The molecule has 1 aromatic rings.